The average molecular weight is 316 g/mol. The summed E-state index contributed by atoms with van der Waals surface area (Å²) >= 11 is 6.01. The van der Waals surface area contributed by atoms with Crippen LogP contribution in [0.3, 0.4) is 0 Å². The highest BCUT2D eigenvalue weighted by Gasteiger charge is 2.45. The lowest BCUT2D eigenvalue weighted by Gasteiger charge is -2.30. The molecule has 112 valence electrons. The number of rotatable bonds is 1. The van der Waals surface area contributed by atoms with E-state index in [1.807, 2.05) is 36.4 Å². The molecule has 1 atom stereocenters. The van der Waals surface area contributed by atoms with Crippen LogP contribution in [0.2, 0.25) is 5.02 Å². The minimum absolute atomic E-state index is 0.00400. The molecular formula is C17H16ClN2O2+. The highest BCUT2D eigenvalue weighted by atomic mass is 35.5. The van der Waals surface area contributed by atoms with Crippen LogP contribution in [0.4, 0.5) is 0 Å². The van der Waals surface area contributed by atoms with Crippen LogP contribution in [-0.2, 0) is 4.74 Å². The summed E-state index contributed by atoms with van der Waals surface area (Å²) in [7, 11) is 0. The molecule has 0 aliphatic carbocycles. The summed E-state index contributed by atoms with van der Waals surface area (Å²) in [6, 6.07) is 7.80. The van der Waals surface area contributed by atoms with Gasteiger partial charge in [-0.3, -0.25) is 0 Å². The number of hydrogen-bond acceptors (Lipinski definition) is 3. The zero-order chi connectivity index (χ0) is 15.1. The second-order valence-electron chi connectivity index (χ2n) is 5.64. The molecule has 3 aliphatic rings. The number of hydrogen-bond donors (Lipinski definition) is 1. The first-order valence-corrected chi connectivity index (χ1v) is 7.86. The molecule has 0 spiro atoms. The molecule has 0 radical (unpaired) electrons. The first-order chi connectivity index (χ1) is 10.8. The van der Waals surface area contributed by atoms with Crippen LogP contribution in [0, 0.1) is 4.91 Å². The Hall–Kier alpha value is -2.07. The summed E-state index contributed by atoms with van der Waals surface area (Å²) in [6.07, 6.45) is 5.69. The fourth-order valence-electron chi connectivity index (χ4n) is 3.33. The lowest BCUT2D eigenvalue weighted by Crippen LogP contribution is -2.35. The first kappa shape index (κ1) is 13.6. The summed E-state index contributed by atoms with van der Waals surface area (Å²) in [5.41, 5.74) is 3.82. The maximum Gasteiger partial charge on any atom is 0.427 e. The van der Waals surface area contributed by atoms with Gasteiger partial charge in [-0.1, -0.05) is 23.7 Å². The molecule has 0 amide bonds. The van der Waals surface area contributed by atoms with Gasteiger partial charge in [-0.2, -0.15) is 0 Å². The molecule has 0 saturated heterocycles. The lowest BCUT2D eigenvalue weighted by molar-refractivity contribution is -0.490. The van der Waals surface area contributed by atoms with Crippen LogP contribution < -0.4 is 5.32 Å². The lowest BCUT2D eigenvalue weighted by atomic mass is 9.83. The predicted molar refractivity (Wildman–Crippen MR) is 84.2 cm³/mol. The van der Waals surface area contributed by atoms with Crippen molar-refractivity contribution in [3.63, 3.8) is 0 Å². The van der Waals surface area contributed by atoms with Crippen molar-refractivity contribution in [3.05, 3.63) is 74.8 Å². The Morgan fingerprint density at radius 2 is 2.09 bits per heavy atom. The second kappa shape index (κ2) is 5.29. The van der Waals surface area contributed by atoms with E-state index in [4.69, 9.17) is 16.3 Å². The van der Waals surface area contributed by atoms with Crippen molar-refractivity contribution in [3.8, 4) is 0 Å². The Kier molecular flexibility index (Phi) is 3.26. The second-order valence-corrected chi connectivity index (χ2v) is 6.08. The third-order valence-corrected chi connectivity index (χ3v) is 4.56. The zero-order valence-corrected chi connectivity index (χ0v) is 12.8. The van der Waals surface area contributed by atoms with Crippen molar-refractivity contribution in [2.45, 2.75) is 18.8 Å². The molecule has 0 aromatic heterocycles. The molecule has 0 fully saturated rings. The number of nitroso groups, excluding NO2 is 1. The minimum Gasteiger partial charge on any atom is -0.437 e. The van der Waals surface area contributed by atoms with Gasteiger partial charge in [0.05, 0.1) is 17.2 Å². The maximum atomic E-state index is 12.6. The number of allylic oxidation sites excluding steroid dienone is 3. The highest BCUT2D eigenvalue weighted by Crippen LogP contribution is 2.43. The van der Waals surface area contributed by atoms with Gasteiger partial charge in [0.2, 0.25) is 0 Å². The Labute approximate surface area is 133 Å². The molecule has 5 heteroatoms. The molecule has 0 bridgehead atoms. The van der Waals surface area contributed by atoms with E-state index < -0.39 is 0 Å². The normalized spacial score (nSPS) is 23.7. The monoisotopic (exact) mass is 315 g/mol. The summed E-state index contributed by atoms with van der Waals surface area (Å²) in [6.45, 7) is 1.34. The average Bonchev–Trinajstić information content (AvgIpc) is 2.57. The standard InChI is InChI=1S/C17H16ClN2O2/c18-12-7-5-11(6-8-12)15-13-3-2-10-22-17(13)20(21)14-4-1-9-19-16(14)15/h2-3,5-8,15,19H,1,4,9-10H2/q+1. The van der Waals surface area contributed by atoms with E-state index >= 15 is 0 Å². The van der Waals surface area contributed by atoms with Gasteiger partial charge < -0.3 is 10.1 Å². The molecule has 3 heterocycles. The predicted octanol–water partition coefficient (Wildman–Crippen LogP) is 3.61. The van der Waals surface area contributed by atoms with Crippen molar-refractivity contribution in [1.82, 2.24) is 5.32 Å². The fraction of sp³-hybridized carbons (Fsp3) is 0.294. The third-order valence-electron chi connectivity index (χ3n) is 4.31. The molecule has 3 aliphatic heterocycles. The van der Waals surface area contributed by atoms with Crippen LogP contribution in [0.25, 0.3) is 0 Å². The van der Waals surface area contributed by atoms with Crippen molar-refractivity contribution in [2.75, 3.05) is 13.2 Å². The van der Waals surface area contributed by atoms with E-state index in [0.717, 1.165) is 46.7 Å². The van der Waals surface area contributed by atoms with Crippen LogP contribution in [-0.4, -0.2) is 17.9 Å². The zero-order valence-electron chi connectivity index (χ0n) is 12.0. The summed E-state index contributed by atoms with van der Waals surface area (Å²) in [5, 5.41) is 4.14. The largest absolute Gasteiger partial charge is 0.437 e. The summed E-state index contributed by atoms with van der Waals surface area (Å²) in [5.74, 6) is 0.439. The van der Waals surface area contributed by atoms with Crippen LogP contribution in [0.15, 0.2) is 59.3 Å². The van der Waals surface area contributed by atoms with E-state index in [-0.39, 0.29) is 5.92 Å². The molecular weight excluding hydrogens is 300 g/mol. The van der Waals surface area contributed by atoms with Crippen molar-refractivity contribution >= 4 is 11.6 Å². The van der Waals surface area contributed by atoms with E-state index in [0.29, 0.717) is 17.5 Å². The first-order valence-electron chi connectivity index (χ1n) is 7.49. The van der Waals surface area contributed by atoms with E-state index in [1.165, 1.54) is 0 Å². The molecule has 22 heavy (non-hydrogen) atoms. The smallest absolute Gasteiger partial charge is 0.427 e. The third kappa shape index (κ3) is 2.06. The highest BCUT2D eigenvalue weighted by molar-refractivity contribution is 6.30. The number of ether oxygens (including phenoxy) is 1. The van der Waals surface area contributed by atoms with E-state index in [1.54, 1.807) is 0 Å². The van der Waals surface area contributed by atoms with E-state index in [2.05, 4.69) is 5.32 Å². The van der Waals surface area contributed by atoms with Gasteiger partial charge in [-0.05, 0) is 36.3 Å². The van der Waals surface area contributed by atoms with Gasteiger partial charge in [-0.15, -0.1) is 0 Å². The number of nitrogens with zero attached hydrogens (tertiary/aromatic N) is 1. The number of halogens is 1. The minimum atomic E-state index is 0.00400. The van der Waals surface area contributed by atoms with Gasteiger partial charge in [0.1, 0.15) is 11.4 Å². The molecule has 1 unspecified atom stereocenters. The van der Waals surface area contributed by atoms with Gasteiger partial charge >= 0.3 is 5.88 Å². The SMILES string of the molecule is O=[N+]1C2=C(NCCC2)C(c2ccc(Cl)cc2)C2=C1OCC=C2. The molecule has 1 N–H and O–H groups in total. The quantitative estimate of drug-likeness (QED) is 0.805. The summed E-state index contributed by atoms with van der Waals surface area (Å²) < 4.78 is 6.60. The number of nitrogens with one attached hydrogen (secondary N) is 1. The van der Waals surface area contributed by atoms with Gasteiger partial charge in [0.15, 0.2) is 0 Å². The van der Waals surface area contributed by atoms with Crippen molar-refractivity contribution < 1.29 is 9.50 Å². The molecule has 1 aromatic carbocycles. The fourth-order valence-corrected chi connectivity index (χ4v) is 3.45. The Morgan fingerprint density at radius 1 is 1.27 bits per heavy atom. The Morgan fingerprint density at radius 3 is 2.91 bits per heavy atom. The molecule has 0 saturated carbocycles. The Bertz CT molecular complexity index is 732. The van der Waals surface area contributed by atoms with Gasteiger partial charge in [-0.25, -0.2) is 0 Å². The van der Waals surface area contributed by atoms with Crippen LogP contribution >= 0.6 is 11.6 Å². The van der Waals surface area contributed by atoms with Gasteiger partial charge in [0, 0.05) is 22.9 Å². The van der Waals surface area contributed by atoms with Gasteiger partial charge in [0.25, 0.3) is 5.70 Å². The van der Waals surface area contributed by atoms with Crippen molar-refractivity contribution in [2.24, 2.45) is 0 Å². The maximum absolute atomic E-state index is 12.6. The molecule has 1 aromatic rings. The van der Waals surface area contributed by atoms with E-state index in [9.17, 15) is 4.91 Å². The van der Waals surface area contributed by atoms with Crippen molar-refractivity contribution in [1.29, 1.82) is 0 Å². The molecule has 4 rings (SSSR count). The van der Waals surface area contributed by atoms with Crippen LogP contribution in [0.5, 0.6) is 0 Å². The van der Waals surface area contributed by atoms with Crippen LogP contribution in [0.1, 0.15) is 24.3 Å². The molecule has 4 nitrogen and oxygen atoms in total. The number of benzene rings is 1. The topological polar surface area (TPSA) is 41.3 Å². The Balaban J connectivity index is 1.89. The summed E-state index contributed by atoms with van der Waals surface area (Å²) in [4.78, 5) is 12.6.